The Kier molecular flexibility index (Phi) is 8.63. The summed E-state index contributed by atoms with van der Waals surface area (Å²) in [5.41, 5.74) is 8.74. The Morgan fingerprint density at radius 3 is 2.49 bits per heavy atom. The van der Waals surface area contributed by atoms with E-state index >= 15 is 0 Å². The standard InChI is InChI=1S/C34H36N8O5/c1-3-16-40-21-29(44)41-27(17-22-12-14-25(43)15-13-22)33(46)39(19-24-10-7-11-26-30(32(35)45)37-38(2)31(24)26)20-28(41)42(40)34(47)36-18-23-8-5-4-6-9-23/h3-15,27-28,43H,1,16-21H2,2H3,(H2,35,45)(H,36,47)/t27-,28-/m0/s1. The molecule has 0 unspecified atom stereocenters. The Bertz CT molecular complexity index is 1840. The Hall–Kier alpha value is -5.69. The largest absolute Gasteiger partial charge is 0.508 e. The molecule has 0 aliphatic carbocycles. The van der Waals surface area contributed by atoms with E-state index in [-0.39, 0.29) is 62.4 Å². The van der Waals surface area contributed by atoms with Crippen molar-refractivity contribution < 1.29 is 24.3 Å². The molecule has 47 heavy (non-hydrogen) atoms. The van der Waals surface area contributed by atoms with Gasteiger partial charge < -0.3 is 26.0 Å². The second-order valence-electron chi connectivity index (χ2n) is 11.7. The highest BCUT2D eigenvalue weighted by Crippen LogP contribution is 2.31. The maximum absolute atomic E-state index is 14.4. The monoisotopic (exact) mass is 636 g/mol. The van der Waals surface area contributed by atoms with Crippen LogP contribution in [0.5, 0.6) is 5.75 Å². The third kappa shape index (κ3) is 6.12. The molecular weight excluding hydrogens is 600 g/mol. The maximum atomic E-state index is 14.4. The number of carbonyl (C=O) groups excluding carboxylic acids is 4. The zero-order valence-corrected chi connectivity index (χ0v) is 26.0. The fourth-order valence-electron chi connectivity index (χ4n) is 6.49. The van der Waals surface area contributed by atoms with Gasteiger partial charge in [0.25, 0.3) is 5.91 Å². The first kappa shape index (κ1) is 31.3. The van der Waals surface area contributed by atoms with Gasteiger partial charge in [0.2, 0.25) is 11.8 Å². The van der Waals surface area contributed by atoms with Gasteiger partial charge in [-0.25, -0.2) is 14.8 Å². The number of para-hydroxylation sites is 1. The molecule has 4 N–H and O–H groups in total. The molecule has 2 saturated heterocycles. The average molecular weight is 637 g/mol. The average Bonchev–Trinajstić information content (AvgIpc) is 3.41. The van der Waals surface area contributed by atoms with Crippen LogP contribution in [-0.4, -0.2) is 90.3 Å². The van der Waals surface area contributed by atoms with Crippen LogP contribution >= 0.6 is 0 Å². The lowest BCUT2D eigenvalue weighted by Gasteiger charge is -2.55. The summed E-state index contributed by atoms with van der Waals surface area (Å²) >= 11 is 0. The molecule has 6 rings (SSSR count). The number of piperazine rings is 1. The number of nitrogens with two attached hydrogens (primary N) is 1. The molecule has 2 fully saturated rings. The molecule has 2 atom stereocenters. The van der Waals surface area contributed by atoms with E-state index in [9.17, 15) is 24.3 Å². The van der Waals surface area contributed by atoms with Gasteiger partial charge >= 0.3 is 6.03 Å². The molecule has 0 bridgehead atoms. The number of fused-ring (bicyclic) bond motifs is 2. The Balaban J connectivity index is 1.39. The number of amides is 5. The van der Waals surface area contributed by atoms with Crippen LogP contribution < -0.4 is 11.1 Å². The molecule has 4 aromatic rings. The molecule has 3 aromatic carbocycles. The minimum Gasteiger partial charge on any atom is -0.508 e. The second-order valence-corrected chi connectivity index (χ2v) is 11.7. The number of aromatic hydroxyl groups is 1. The van der Waals surface area contributed by atoms with E-state index in [4.69, 9.17) is 5.73 Å². The van der Waals surface area contributed by atoms with Crippen molar-refractivity contribution >= 4 is 34.7 Å². The molecule has 0 spiro atoms. The highest BCUT2D eigenvalue weighted by atomic mass is 16.3. The number of hydrogen-bond donors (Lipinski definition) is 3. The van der Waals surface area contributed by atoms with Gasteiger partial charge in [0.1, 0.15) is 18.0 Å². The fraction of sp³-hybridized carbons (Fsp3) is 0.265. The van der Waals surface area contributed by atoms with E-state index < -0.39 is 24.1 Å². The minimum absolute atomic E-state index is 0.0277. The van der Waals surface area contributed by atoms with E-state index in [0.717, 1.165) is 16.7 Å². The van der Waals surface area contributed by atoms with Crippen molar-refractivity contribution in [3.63, 3.8) is 0 Å². The minimum atomic E-state index is -0.937. The highest BCUT2D eigenvalue weighted by molar-refractivity contribution is 6.05. The number of urea groups is 1. The van der Waals surface area contributed by atoms with E-state index in [0.29, 0.717) is 10.9 Å². The summed E-state index contributed by atoms with van der Waals surface area (Å²) in [5.74, 6) is -1.16. The van der Waals surface area contributed by atoms with E-state index in [1.54, 1.807) is 52.0 Å². The first-order valence-electron chi connectivity index (χ1n) is 15.2. The number of carbonyl (C=O) groups is 4. The number of primary amides is 1. The van der Waals surface area contributed by atoms with Gasteiger partial charge in [-0.1, -0.05) is 66.7 Å². The van der Waals surface area contributed by atoms with Gasteiger partial charge in [0.05, 0.1) is 18.6 Å². The third-order valence-corrected chi connectivity index (χ3v) is 8.57. The van der Waals surface area contributed by atoms with Crippen LogP contribution in [0.1, 0.15) is 27.2 Å². The molecule has 0 radical (unpaired) electrons. The van der Waals surface area contributed by atoms with Gasteiger partial charge in [-0.2, -0.15) is 5.10 Å². The van der Waals surface area contributed by atoms with Crippen LogP contribution in [-0.2, 0) is 36.1 Å². The van der Waals surface area contributed by atoms with Gasteiger partial charge in [-0.05, 0) is 28.8 Å². The molecule has 242 valence electrons. The molecule has 1 aromatic heterocycles. The molecule has 5 amide bonds. The summed E-state index contributed by atoms with van der Waals surface area (Å²) in [6, 6.07) is 20.0. The lowest BCUT2D eigenvalue weighted by Crippen LogP contribution is -2.76. The zero-order chi connectivity index (χ0) is 33.2. The molecule has 3 heterocycles. The van der Waals surface area contributed by atoms with E-state index in [1.165, 1.54) is 22.0 Å². The van der Waals surface area contributed by atoms with Gasteiger partial charge in [0, 0.05) is 38.5 Å². The van der Waals surface area contributed by atoms with Gasteiger partial charge in [0.15, 0.2) is 5.69 Å². The van der Waals surface area contributed by atoms with Crippen molar-refractivity contribution in [1.29, 1.82) is 0 Å². The Morgan fingerprint density at radius 1 is 1.04 bits per heavy atom. The summed E-state index contributed by atoms with van der Waals surface area (Å²) in [6.07, 6.45) is 0.957. The smallest absolute Gasteiger partial charge is 0.334 e. The molecule has 0 saturated carbocycles. The molecule has 2 aliphatic heterocycles. The van der Waals surface area contributed by atoms with Crippen LogP contribution in [0.4, 0.5) is 4.79 Å². The van der Waals surface area contributed by atoms with Crippen LogP contribution in [0.15, 0.2) is 85.5 Å². The number of aryl methyl sites for hydroxylation is 1. The van der Waals surface area contributed by atoms with Crippen LogP contribution in [0.2, 0.25) is 0 Å². The molecule has 13 nitrogen and oxygen atoms in total. The lowest BCUT2D eigenvalue weighted by molar-refractivity contribution is -0.189. The molecular formula is C34H36N8O5. The summed E-state index contributed by atoms with van der Waals surface area (Å²) in [4.78, 5) is 57.4. The maximum Gasteiger partial charge on any atom is 0.334 e. The van der Waals surface area contributed by atoms with E-state index in [2.05, 4.69) is 17.0 Å². The van der Waals surface area contributed by atoms with Crippen molar-refractivity contribution in [2.45, 2.75) is 31.7 Å². The number of benzene rings is 3. The van der Waals surface area contributed by atoms with Crippen molar-refractivity contribution in [1.82, 2.24) is 34.9 Å². The number of phenolic OH excluding ortho intramolecular Hbond substituents is 1. The number of rotatable bonds is 9. The van der Waals surface area contributed by atoms with Crippen molar-refractivity contribution in [2.75, 3.05) is 19.6 Å². The number of phenols is 1. The van der Waals surface area contributed by atoms with Crippen LogP contribution in [0.3, 0.4) is 0 Å². The van der Waals surface area contributed by atoms with Crippen LogP contribution in [0, 0.1) is 0 Å². The number of hydrazine groups is 1. The molecule has 13 heteroatoms. The molecule has 2 aliphatic rings. The number of nitrogens with zero attached hydrogens (tertiary/aromatic N) is 6. The van der Waals surface area contributed by atoms with Gasteiger partial charge in [-0.15, -0.1) is 6.58 Å². The first-order valence-corrected chi connectivity index (χ1v) is 15.2. The Morgan fingerprint density at radius 2 is 1.79 bits per heavy atom. The summed E-state index contributed by atoms with van der Waals surface area (Å²) in [7, 11) is 1.71. The van der Waals surface area contributed by atoms with Crippen LogP contribution in [0.25, 0.3) is 10.9 Å². The quantitative estimate of drug-likeness (QED) is 0.238. The number of nitrogens with one attached hydrogen (secondary N) is 1. The first-order chi connectivity index (χ1) is 22.7. The normalized spacial score (nSPS) is 18.4. The number of hydrogen-bond acceptors (Lipinski definition) is 7. The zero-order valence-electron chi connectivity index (χ0n) is 26.0. The Labute approximate surface area is 271 Å². The predicted molar refractivity (Wildman–Crippen MR) is 173 cm³/mol. The highest BCUT2D eigenvalue weighted by Gasteiger charge is 2.51. The SMILES string of the molecule is C=CCN1CC(=O)N2[C@@H](Cc3ccc(O)cc3)C(=O)N(Cc3cccc4c(C(N)=O)nn(C)c34)C[C@@H]2N1C(=O)NCc1ccccc1. The lowest BCUT2D eigenvalue weighted by atomic mass is 9.98. The second kappa shape index (κ2) is 13.0. The summed E-state index contributed by atoms with van der Waals surface area (Å²) < 4.78 is 1.57. The predicted octanol–water partition coefficient (Wildman–Crippen LogP) is 2.11. The number of aromatic nitrogens is 2. The summed E-state index contributed by atoms with van der Waals surface area (Å²) in [5, 5.41) is 20.9. The van der Waals surface area contributed by atoms with Gasteiger partial charge in [-0.3, -0.25) is 19.1 Å². The summed E-state index contributed by atoms with van der Waals surface area (Å²) in [6.45, 7) is 4.36. The topological polar surface area (TPSA) is 157 Å². The fourth-order valence-corrected chi connectivity index (χ4v) is 6.49. The van der Waals surface area contributed by atoms with Crippen molar-refractivity contribution in [2.24, 2.45) is 12.8 Å². The van der Waals surface area contributed by atoms with Crippen molar-refractivity contribution in [3.8, 4) is 5.75 Å². The van der Waals surface area contributed by atoms with Crippen molar-refractivity contribution in [3.05, 3.63) is 108 Å². The van der Waals surface area contributed by atoms with E-state index in [1.807, 2.05) is 36.4 Å². The third-order valence-electron chi connectivity index (χ3n) is 8.57.